The molecule has 0 aromatic rings. The third-order valence-corrected chi connectivity index (χ3v) is 6.36. The van der Waals surface area contributed by atoms with Crippen LogP contribution in [-0.2, 0) is 4.79 Å². The van der Waals surface area contributed by atoms with Crippen molar-refractivity contribution in [3.8, 4) is 0 Å². The lowest BCUT2D eigenvalue weighted by Crippen LogP contribution is -2.58. The summed E-state index contributed by atoms with van der Waals surface area (Å²) >= 11 is 12.3. The van der Waals surface area contributed by atoms with Gasteiger partial charge in [-0.3, -0.25) is 4.79 Å². The molecule has 3 aliphatic rings. The Morgan fingerprint density at radius 2 is 1.24 bits per heavy atom. The van der Waals surface area contributed by atoms with Crippen LogP contribution in [0, 0.1) is 11.8 Å². The second-order valence-electron chi connectivity index (χ2n) is 6.64. The quantitative estimate of drug-likeness (QED) is 0.553. The molecule has 0 N–H and O–H groups in total. The van der Waals surface area contributed by atoms with Gasteiger partial charge in [0.15, 0.2) is 0 Å². The van der Waals surface area contributed by atoms with Gasteiger partial charge < -0.3 is 0 Å². The predicted octanol–water partition coefficient (Wildman–Crippen LogP) is 4.46. The second-order valence-corrected chi connectivity index (χ2v) is 7.32. The van der Waals surface area contributed by atoms with Crippen molar-refractivity contribution in [2.75, 3.05) is 0 Å². The number of urea groups is 1. The van der Waals surface area contributed by atoms with Crippen molar-refractivity contribution in [2.45, 2.75) is 69.7 Å². The molecule has 0 aromatic carbocycles. The fourth-order valence-electron chi connectivity index (χ4n) is 4.65. The summed E-state index contributed by atoms with van der Waals surface area (Å²) in [4.78, 5) is 25.1. The molecule has 0 bridgehead atoms. The number of amides is 3. The summed E-state index contributed by atoms with van der Waals surface area (Å²) in [7, 11) is 0. The fraction of sp³-hybridized carbons (Fsp3) is 0.867. The largest absolute Gasteiger partial charge is 0.357 e. The van der Waals surface area contributed by atoms with Crippen LogP contribution in [0.2, 0.25) is 0 Å². The Bertz CT molecular complexity index is 413. The van der Waals surface area contributed by atoms with Crippen LogP contribution in [0.4, 0.5) is 4.79 Å². The van der Waals surface area contributed by atoms with Crippen LogP contribution in [-0.4, -0.2) is 26.3 Å². The summed E-state index contributed by atoms with van der Waals surface area (Å²) in [6.07, 6.45) is 10.7. The average molecular weight is 333 g/mol. The maximum Gasteiger partial charge on any atom is 0.357 e. The van der Waals surface area contributed by atoms with Gasteiger partial charge in [-0.15, -0.1) is 0 Å². The van der Waals surface area contributed by atoms with Gasteiger partial charge in [0.25, 0.3) is 5.91 Å². The number of rotatable bonds is 2. The van der Waals surface area contributed by atoms with E-state index in [4.69, 9.17) is 23.6 Å². The first-order chi connectivity index (χ1) is 10.1. The molecule has 0 radical (unpaired) electrons. The highest BCUT2D eigenvalue weighted by Gasteiger charge is 2.64. The maximum atomic E-state index is 12.9. The van der Waals surface area contributed by atoms with E-state index in [1.165, 1.54) is 12.8 Å². The Hall–Kier alpha value is -0.480. The first kappa shape index (κ1) is 15.4. The van der Waals surface area contributed by atoms with Gasteiger partial charge in [0.1, 0.15) is 5.54 Å². The van der Waals surface area contributed by atoms with Crippen LogP contribution < -0.4 is 0 Å². The number of hydrogen-bond donors (Lipinski definition) is 0. The zero-order valence-electron chi connectivity index (χ0n) is 12.2. The molecule has 1 saturated heterocycles. The van der Waals surface area contributed by atoms with Crippen LogP contribution in [0.1, 0.15) is 64.2 Å². The minimum Gasteiger partial charge on any atom is -0.270 e. The van der Waals surface area contributed by atoms with Crippen LogP contribution in [0.15, 0.2) is 0 Å². The summed E-state index contributed by atoms with van der Waals surface area (Å²) in [6.45, 7) is 0. The molecule has 118 valence electrons. The molecular formula is C15H22Cl2N2O2. The van der Waals surface area contributed by atoms with E-state index < -0.39 is 11.6 Å². The molecule has 3 fully saturated rings. The molecule has 1 aliphatic heterocycles. The number of carbonyl (C=O) groups is 2. The van der Waals surface area contributed by atoms with Gasteiger partial charge in [-0.1, -0.05) is 38.5 Å². The number of halogens is 2. The van der Waals surface area contributed by atoms with E-state index in [0.717, 1.165) is 60.2 Å². The smallest absolute Gasteiger partial charge is 0.270 e. The molecule has 0 atom stereocenters. The van der Waals surface area contributed by atoms with Gasteiger partial charge in [-0.2, -0.15) is 4.42 Å². The minimum absolute atomic E-state index is 0.145. The number of imide groups is 1. The van der Waals surface area contributed by atoms with Crippen molar-refractivity contribution in [3.05, 3.63) is 0 Å². The fourth-order valence-corrected chi connectivity index (χ4v) is 5.33. The van der Waals surface area contributed by atoms with E-state index in [1.807, 2.05) is 0 Å². The molecule has 6 heteroatoms. The third-order valence-electron chi connectivity index (χ3n) is 5.64. The highest BCUT2D eigenvalue weighted by molar-refractivity contribution is 6.39. The Balaban J connectivity index is 2.01. The molecule has 3 amide bonds. The first-order valence-corrected chi connectivity index (χ1v) is 8.78. The third kappa shape index (κ3) is 2.26. The van der Waals surface area contributed by atoms with Crippen molar-refractivity contribution in [1.82, 2.24) is 8.84 Å². The van der Waals surface area contributed by atoms with Gasteiger partial charge in [0.2, 0.25) is 0 Å². The SMILES string of the molecule is O=C1N(Cl)C(=O)C(C2CCCCC2)(C2CCCCC2)N1Cl. The summed E-state index contributed by atoms with van der Waals surface area (Å²) in [6, 6.07) is -0.570. The minimum atomic E-state index is -0.902. The number of carbonyl (C=O) groups excluding carboxylic acids is 2. The van der Waals surface area contributed by atoms with Crippen molar-refractivity contribution >= 4 is 35.5 Å². The van der Waals surface area contributed by atoms with Crippen molar-refractivity contribution in [3.63, 3.8) is 0 Å². The van der Waals surface area contributed by atoms with E-state index in [9.17, 15) is 9.59 Å². The molecule has 2 aliphatic carbocycles. The van der Waals surface area contributed by atoms with Gasteiger partial charge in [0.05, 0.1) is 0 Å². The molecule has 21 heavy (non-hydrogen) atoms. The van der Waals surface area contributed by atoms with Gasteiger partial charge >= 0.3 is 6.03 Å². The molecule has 3 rings (SSSR count). The Morgan fingerprint density at radius 3 is 1.57 bits per heavy atom. The lowest BCUT2D eigenvalue weighted by atomic mass is 9.64. The summed E-state index contributed by atoms with van der Waals surface area (Å²) < 4.78 is 1.88. The second kappa shape index (κ2) is 5.96. The van der Waals surface area contributed by atoms with Crippen molar-refractivity contribution in [1.29, 1.82) is 0 Å². The molecule has 1 heterocycles. The Labute approximate surface area is 136 Å². The lowest BCUT2D eigenvalue weighted by Gasteiger charge is -2.46. The highest BCUT2D eigenvalue weighted by atomic mass is 35.5. The molecule has 4 nitrogen and oxygen atoms in total. The Kier molecular flexibility index (Phi) is 4.37. The summed E-state index contributed by atoms with van der Waals surface area (Å²) in [5, 5.41) is 0. The van der Waals surface area contributed by atoms with Crippen molar-refractivity contribution < 1.29 is 9.59 Å². The molecule has 2 saturated carbocycles. The maximum absolute atomic E-state index is 12.9. The topological polar surface area (TPSA) is 40.6 Å². The zero-order chi connectivity index (χ0) is 15.0. The molecule has 0 unspecified atom stereocenters. The van der Waals surface area contributed by atoms with E-state index in [1.54, 1.807) is 0 Å². The summed E-state index contributed by atoms with van der Waals surface area (Å²) in [5.41, 5.74) is -0.902. The average Bonchev–Trinajstić information content (AvgIpc) is 2.71. The van der Waals surface area contributed by atoms with Crippen LogP contribution in [0.3, 0.4) is 0 Å². The van der Waals surface area contributed by atoms with Crippen LogP contribution in [0.25, 0.3) is 0 Å². The highest BCUT2D eigenvalue weighted by Crippen LogP contribution is 2.51. The van der Waals surface area contributed by atoms with Crippen molar-refractivity contribution in [2.24, 2.45) is 11.8 Å². The summed E-state index contributed by atoms with van der Waals surface area (Å²) in [5.74, 6) is 0.00191. The van der Waals surface area contributed by atoms with E-state index >= 15 is 0 Å². The predicted molar refractivity (Wildman–Crippen MR) is 81.7 cm³/mol. The first-order valence-electron chi connectivity index (χ1n) is 8.10. The molecular weight excluding hydrogens is 311 g/mol. The standard InChI is InChI=1S/C15H22Cl2N2O2/c16-18-13(20)15(19(17)14(18)21,11-7-3-1-4-8-11)12-9-5-2-6-10-12/h11-12H,1-10H2. The zero-order valence-corrected chi connectivity index (χ0v) is 13.7. The lowest BCUT2D eigenvalue weighted by molar-refractivity contribution is -0.136. The van der Waals surface area contributed by atoms with Gasteiger partial charge in [0, 0.05) is 23.6 Å². The molecule has 0 spiro atoms. The van der Waals surface area contributed by atoms with Gasteiger partial charge in [-0.25, -0.2) is 9.21 Å². The normalized spacial score (nSPS) is 28.5. The Morgan fingerprint density at radius 1 is 0.810 bits per heavy atom. The van der Waals surface area contributed by atoms with E-state index in [2.05, 4.69) is 0 Å². The number of hydrogen-bond acceptors (Lipinski definition) is 2. The van der Waals surface area contributed by atoms with E-state index in [-0.39, 0.29) is 17.7 Å². The molecule has 0 aromatic heterocycles. The van der Waals surface area contributed by atoms with E-state index in [0.29, 0.717) is 0 Å². The van der Waals surface area contributed by atoms with Gasteiger partial charge in [-0.05, 0) is 37.5 Å². The number of nitrogens with zero attached hydrogens (tertiary/aromatic N) is 2. The van der Waals surface area contributed by atoms with Crippen LogP contribution in [0.5, 0.6) is 0 Å². The monoisotopic (exact) mass is 332 g/mol. The van der Waals surface area contributed by atoms with Crippen LogP contribution >= 0.6 is 23.6 Å².